The molecule has 1 fully saturated rings. The number of nitrogens with zero attached hydrogens (tertiary/aromatic N) is 4. The van der Waals surface area contributed by atoms with E-state index in [1.807, 2.05) is 0 Å². The predicted octanol–water partition coefficient (Wildman–Crippen LogP) is -0.627. The number of aliphatic hydroxyl groups excluding tert-OH is 1. The van der Waals surface area contributed by atoms with Crippen molar-refractivity contribution in [1.82, 2.24) is 19.5 Å². The van der Waals surface area contributed by atoms with Crippen LogP contribution in [-0.2, 0) is 36.4 Å². The average molecular weight is 536 g/mol. The van der Waals surface area contributed by atoms with E-state index in [2.05, 4.69) is 33.6 Å². The van der Waals surface area contributed by atoms with Crippen molar-refractivity contribution in [3.63, 3.8) is 0 Å². The molecule has 2 aromatic rings. The van der Waals surface area contributed by atoms with E-state index >= 15 is 0 Å². The van der Waals surface area contributed by atoms with Crippen molar-refractivity contribution in [3.05, 3.63) is 6.33 Å². The summed E-state index contributed by atoms with van der Waals surface area (Å²) in [7, 11) is -15.2. The summed E-state index contributed by atoms with van der Waals surface area (Å²) in [4.78, 5) is 52.7. The van der Waals surface area contributed by atoms with Gasteiger partial charge in [0.2, 0.25) is 5.95 Å². The van der Waals surface area contributed by atoms with Gasteiger partial charge in [0, 0.05) is 6.42 Å². The number of phosphoric ester groups is 1. The third-order valence-corrected chi connectivity index (χ3v) is 7.77. The van der Waals surface area contributed by atoms with Crippen LogP contribution in [0.5, 0.6) is 0 Å². The maximum Gasteiger partial charge on any atom is 0.490 e. The Bertz CT molecular complexity index is 1150. The van der Waals surface area contributed by atoms with Crippen molar-refractivity contribution in [2.75, 3.05) is 24.9 Å². The molecule has 1 saturated heterocycles. The van der Waals surface area contributed by atoms with E-state index in [0.29, 0.717) is 0 Å². The first kappa shape index (κ1) is 26.1. The van der Waals surface area contributed by atoms with Gasteiger partial charge in [-0.25, -0.2) is 24.2 Å². The number of phosphoric acid groups is 3. The van der Waals surface area contributed by atoms with Crippen molar-refractivity contribution in [3.8, 4) is 0 Å². The lowest BCUT2D eigenvalue weighted by atomic mass is 10.2. The van der Waals surface area contributed by atoms with Crippen LogP contribution in [0.2, 0.25) is 0 Å². The molecule has 0 bridgehead atoms. The van der Waals surface area contributed by atoms with Gasteiger partial charge < -0.3 is 35.2 Å². The maximum absolute atomic E-state index is 11.8. The summed E-state index contributed by atoms with van der Waals surface area (Å²) in [6.07, 6.45) is -2.08. The van der Waals surface area contributed by atoms with Gasteiger partial charge in [-0.2, -0.15) is 18.6 Å². The van der Waals surface area contributed by atoms with Crippen LogP contribution in [0.1, 0.15) is 12.6 Å². The summed E-state index contributed by atoms with van der Waals surface area (Å²) in [5.41, 5.74) is 8.65. The second kappa shape index (κ2) is 9.59. The van der Waals surface area contributed by atoms with Crippen LogP contribution < -0.4 is 11.2 Å². The van der Waals surface area contributed by atoms with E-state index in [4.69, 9.17) is 30.0 Å². The minimum Gasteiger partial charge on any atom is -0.390 e. The van der Waals surface area contributed by atoms with Crippen LogP contribution in [0.4, 0.5) is 11.8 Å². The number of fused-ring (bicyclic) bond motifs is 1. The summed E-state index contributed by atoms with van der Waals surface area (Å²) in [5, 5.41) is 10.2. The number of nitrogens with two attached hydrogens (primary N) is 1. The van der Waals surface area contributed by atoms with E-state index in [1.165, 1.54) is 18.0 Å². The van der Waals surface area contributed by atoms with Crippen LogP contribution in [0.3, 0.4) is 0 Å². The highest BCUT2D eigenvalue weighted by atomic mass is 31.3. The molecule has 22 heteroatoms. The van der Waals surface area contributed by atoms with Gasteiger partial charge in [-0.3, -0.25) is 13.9 Å². The lowest BCUT2D eigenvalue weighted by molar-refractivity contribution is -0.0423. The summed E-state index contributed by atoms with van der Waals surface area (Å²) >= 11 is 0. The smallest absolute Gasteiger partial charge is 0.390 e. The summed E-state index contributed by atoms with van der Waals surface area (Å²) in [6.45, 7) is -0.818. The van der Waals surface area contributed by atoms with Crippen molar-refractivity contribution in [1.29, 1.82) is 0 Å². The van der Waals surface area contributed by atoms with Gasteiger partial charge in [0.1, 0.15) is 12.3 Å². The number of ether oxygens (including phenoxy) is 1. The molecule has 0 saturated carbocycles. The van der Waals surface area contributed by atoms with Crippen molar-refractivity contribution in [2.24, 2.45) is 0 Å². The number of anilines is 2. The predicted molar refractivity (Wildman–Crippen MR) is 105 cm³/mol. The van der Waals surface area contributed by atoms with Crippen molar-refractivity contribution >= 4 is 46.4 Å². The molecular formula is C11H19N6O13P3. The molecule has 8 N–H and O–H groups in total. The molecule has 0 aliphatic carbocycles. The van der Waals surface area contributed by atoms with E-state index in [1.54, 1.807) is 0 Å². The number of hydrogen-bond acceptors (Lipinski definition) is 14. The topological polar surface area (TPSA) is 280 Å². The number of aliphatic hydroxyl groups is 1. The third-order valence-electron chi connectivity index (χ3n) is 3.97. The molecule has 3 heterocycles. The van der Waals surface area contributed by atoms with E-state index in [0.717, 1.165) is 0 Å². The fraction of sp³-hybridized carbons (Fsp3) is 0.545. The normalized spacial score (nSPS) is 25.1. The molecular weight excluding hydrogens is 517 g/mol. The number of imidazole rings is 1. The zero-order chi connectivity index (χ0) is 24.6. The first-order valence-corrected chi connectivity index (χ1v) is 13.1. The number of aromatic nitrogens is 4. The summed E-state index contributed by atoms with van der Waals surface area (Å²) in [6, 6.07) is 0. The minimum atomic E-state index is -5.67. The Balaban J connectivity index is 1.69. The highest BCUT2D eigenvalue weighted by Gasteiger charge is 2.43. The zero-order valence-electron chi connectivity index (χ0n) is 16.4. The Kier molecular flexibility index (Phi) is 7.57. The average Bonchev–Trinajstić information content (AvgIpc) is 3.20. The number of rotatable bonds is 10. The molecule has 5 atom stereocenters. The summed E-state index contributed by atoms with van der Waals surface area (Å²) in [5.74, 6) is 0.0491. The maximum atomic E-state index is 11.8. The van der Waals surface area contributed by atoms with Gasteiger partial charge in [-0.1, -0.05) is 0 Å². The van der Waals surface area contributed by atoms with Gasteiger partial charge in [0.25, 0.3) is 0 Å². The van der Waals surface area contributed by atoms with E-state index in [9.17, 15) is 23.7 Å². The molecule has 0 aromatic carbocycles. The highest BCUT2D eigenvalue weighted by Crippen LogP contribution is 2.66. The Hall–Kier alpha value is -1.56. The van der Waals surface area contributed by atoms with Crippen molar-refractivity contribution in [2.45, 2.75) is 24.9 Å². The Labute approximate surface area is 183 Å². The molecule has 5 unspecified atom stereocenters. The first-order valence-electron chi connectivity index (χ1n) is 8.60. The van der Waals surface area contributed by atoms with E-state index < -0.39 is 48.5 Å². The Morgan fingerprint density at radius 1 is 1.21 bits per heavy atom. The molecule has 2 aromatic heterocycles. The van der Waals surface area contributed by atoms with Crippen LogP contribution in [0, 0.1) is 0 Å². The molecule has 0 radical (unpaired) electrons. The number of hydrogen-bond donors (Lipinski definition) is 7. The van der Waals surface area contributed by atoms with E-state index in [-0.39, 0.29) is 29.4 Å². The highest BCUT2D eigenvalue weighted by molar-refractivity contribution is 7.66. The quantitative estimate of drug-likeness (QED) is 0.147. The molecule has 33 heavy (non-hydrogen) atoms. The number of nitrogen functional groups attached to an aromatic ring is 1. The molecule has 1 aliphatic heterocycles. The lowest BCUT2D eigenvalue weighted by Gasteiger charge is -2.19. The molecule has 1 aliphatic rings. The first-order chi connectivity index (χ1) is 15.2. The molecule has 0 spiro atoms. The van der Waals surface area contributed by atoms with Crippen molar-refractivity contribution < 1.29 is 61.1 Å². The Morgan fingerprint density at radius 3 is 2.55 bits per heavy atom. The minimum absolute atomic E-state index is 0.0488. The van der Waals surface area contributed by atoms with Gasteiger partial charge in [-0.05, 0) is 0 Å². The van der Waals surface area contributed by atoms with Gasteiger partial charge in [0.05, 0.1) is 26.1 Å². The molecule has 0 amide bonds. The largest absolute Gasteiger partial charge is 0.490 e. The molecule has 3 rings (SSSR count). The van der Waals surface area contributed by atoms with Gasteiger partial charge >= 0.3 is 23.5 Å². The lowest BCUT2D eigenvalue weighted by Crippen LogP contribution is -2.26. The van der Waals surface area contributed by atoms with Gasteiger partial charge in [-0.15, -0.1) is 0 Å². The third kappa shape index (κ3) is 6.74. The molecule has 19 nitrogen and oxygen atoms in total. The number of nitrogens with one attached hydrogen (secondary N) is 1. The second-order valence-corrected chi connectivity index (χ2v) is 10.8. The van der Waals surface area contributed by atoms with Gasteiger partial charge in [0.15, 0.2) is 17.0 Å². The van der Waals surface area contributed by atoms with Crippen LogP contribution in [-0.4, -0.2) is 70.1 Å². The fourth-order valence-electron chi connectivity index (χ4n) is 2.82. The standard InChI is InChI=1S/C11H19N6O13P3/c1-26-16-9-8-10(15-11(12)14-9)17(4-13-8)7-2-5(18)6(28-7)3-27-32(22,23)30-33(24,25)29-31(19,20)21/h4-7,18H,2-3H2,1H3,(H,22,23)(H,24,25)(H2,19,20,21)(H3,12,14,15,16). The zero-order valence-corrected chi connectivity index (χ0v) is 19.1. The van der Waals surface area contributed by atoms with Crippen LogP contribution in [0.15, 0.2) is 6.33 Å². The Morgan fingerprint density at radius 2 is 1.91 bits per heavy atom. The fourth-order valence-corrected chi connectivity index (χ4v) is 5.85. The van der Waals surface area contributed by atoms with Crippen LogP contribution >= 0.6 is 23.5 Å². The molecule has 186 valence electrons. The van der Waals surface area contributed by atoms with Crippen LogP contribution in [0.25, 0.3) is 11.2 Å². The SMILES string of the molecule is CONc1nc(N)nc2c1ncn2C1CC(O)C(COP(=O)(O)OP(=O)(O)OP(=O)(O)O)O1. The summed E-state index contributed by atoms with van der Waals surface area (Å²) < 4.78 is 52.6. The monoisotopic (exact) mass is 536 g/mol. The second-order valence-electron chi connectivity index (χ2n) is 6.38.